The standard InChI is InChI=1S/C14H21NO2/c1-9(2)12(8-16)15-14(17)13-10(3)6-5-7-11(13)4/h5-7,9,12,16H,8H2,1-4H3,(H,15,17). The van der Waals surface area contributed by atoms with E-state index in [9.17, 15) is 9.90 Å². The van der Waals surface area contributed by atoms with Crippen molar-refractivity contribution in [1.29, 1.82) is 0 Å². The lowest BCUT2D eigenvalue weighted by Gasteiger charge is -2.21. The molecule has 1 aromatic carbocycles. The van der Waals surface area contributed by atoms with E-state index in [0.29, 0.717) is 5.56 Å². The molecule has 0 aliphatic rings. The molecule has 0 aliphatic heterocycles. The zero-order chi connectivity index (χ0) is 13.0. The molecule has 1 aromatic rings. The maximum atomic E-state index is 12.1. The van der Waals surface area contributed by atoms with E-state index in [1.807, 2.05) is 45.9 Å². The Balaban J connectivity index is 2.90. The summed E-state index contributed by atoms with van der Waals surface area (Å²) in [5, 5.41) is 12.1. The monoisotopic (exact) mass is 235 g/mol. The summed E-state index contributed by atoms with van der Waals surface area (Å²) in [6.07, 6.45) is 0. The first-order valence-corrected chi connectivity index (χ1v) is 5.95. The summed E-state index contributed by atoms with van der Waals surface area (Å²) in [6.45, 7) is 7.77. The quantitative estimate of drug-likeness (QED) is 0.839. The number of aliphatic hydroxyl groups is 1. The predicted molar refractivity (Wildman–Crippen MR) is 69.1 cm³/mol. The molecule has 0 heterocycles. The van der Waals surface area contributed by atoms with Gasteiger partial charge in [-0.2, -0.15) is 0 Å². The van der Waals surface area contributed by atoms with Crippen LogP contribution in [0.1, 0.15) is 35.3 Å². The minimum absolute atomic E-state index is 0.0334. The van der Waals surface area contributed by atoms with Crippen LogP contribution in [0.5, 0.6) is 0 Å². The lowest BCUT2D eigenvalue weighted by atomic mass is 10.0. The highest BCUT2D eigenvalue weighted by molar-refractivity contribution is 5.97. The molecule has 0 radical (unpaired) electrons. The Kier molecular flexibility index (Phi) is 4.70. The molecule has 94 valence electrons. The maximum Gasteiger partial charge on any atom is 0.252 e. The molecule has 1 rings (SSSR count). The Morgan fingerprint density at radius 3 is 2.24 bits per heavy atom. The Labute approximate surface area is 103 Å². The molecule has 1 amide bonds. The molecule has 0 fully saturated rings. The van der Waals surface area contributed by atoms with Gasteiger partial charge in [-0.3, -0.25) is 4.79 Å². The number of rotatable bonds is 4. The highest BCUT2D eigenvalue weighted by Crippen LogP contribution is 2.14. The van der Waals surface area contributed by atoms with Crippen LogP contribution in [-0.4, -0.2) is 23.7 Å². The second kappa shape index (κ2) is 5.82. The number of carbonyl (C=O) groups is 1. The van der Waals surface area contributed by atoms with Crippen molar-refractivity contribution in [3.8, 4) is 0 Å². The van der Waals surface area contributed by atoms with E-state index in [4.69, 9.17) is 0 Å². The molecule has 0 saturated heterocycles. The topological polar surface area (TPSA) is 49.3 Å². The fourth-order valence-corrected chi connectivity index (χ4v) is 1.84. The predicted octanol–water partition coefficient (Wildman–Crippen LogP) is 2.05. The van der Waals surface area contributed by atoms with Crippen molar-refractivity contribution in [2.24, 2.45) is 5.92 Å². The van der Waals surface area contributed by atoms with Crippen molar-refractivity contribution < 1.29 is 9.90 Å². The number of benzene rings is 1. The van der Waals surface area contributed by atoms with Gasteiger partial charge in [0, 0.05) is 5.56 Å². The van der Waals surface area contributed by atoms with E-state index in [1.54, 1.807) is 0 Å². The molecule has 17 heavy (non-hydrogen) atoms. The zero-order valence-corrected chi connectivity index (χ0v) is 10.9. The summed E-state index contributed by atoms with van der Waals surface area (Å²) in [4.78, 5) is 12.1. The van der Waals surface area contributed by atoms with Crippen LogP contribution in [0.15, 0.2) is 18.2 Å². The maximum absolute atomic E-state index is 12.1. The number of nitrogens with one attached hydrogen (secondary N) is 1. The van der Waals surface area contributed by atoms with Gasteiger partial charge >= 0.3 is 0 Å². The minimum Gasteiger partial charge on any atom is -0.394 e. The van der Waals surface area contributed by atoms with E-state index in [0.717, 1.165) is 11.1 Å². The van der Waals surface area contributed by atoms with Gasteiger partial charge in [0.15, 0.2) is 0 Å². The SMILES string of the molecule is Cc1cccc(C)c1C(=O)NC(CO)C(C)C. The molecule has 0 aliphatic carbocycles. The van der Waals surface area contributed by atoms with Crippen LogP contribution in [0, 0.1) is 19.8 Å². The van der Waals surface area contributed by atoms with Gasteiger partial charge in [-0.1, -0.05) is 32.0 Å². The molecule has 2 N–H and O–H groups in total. The van der Waals surface area contributed by atoms with Crippen molar-refractivity contribution in [2.45, 2.75) is 33.7 Å². The molecule has 1 unspecified atom stereocenters. The summed E-state index contributed by atoms with van der Waals surface area (Å²) in [5.74, 6) is 0.113. The van der Waals surface area contributed by atoms with E-state index in [-0.39, 0.29) is 24.5 Å². The van der Waals surface area contributed by atoms with Gasteiger partial charge in [0.05, 0.1) is 12.6 Å². The van der Waals surface area contributed by atoms with Gasteiger partial charge in [-0.15, -0.1) is 0 Å². The highest BCUT2D eigenvalue weighted by atomic mass is 16.3. The third-order valence-corrected chi connectivity index (χ3v) is 3.03. The Hall–Kier alpha value is -1.35. The number of carbonyl (C=O) groups excluding carboxylic acids is 1. The fraction of sp³-hybridized carbons (Fsp3) is 0.500. The van der Waals surface area contributed by atoms with Crippen LogP contribution in [0.2, 0.25) is 0 Å². The van der Waals surface area contributed by atoms with Crippen molar-refractivity contribution in [1.82, 2.24) is 5.32 Å². The summed E-state index contributed by atoms with van der Waals surface area (Å²) in [5.41, 5.74) is 2.64. The Morgan fingerprint density at radius 1 is 1.29 bits per heavy atom. The smallest absolute Gasteiger partial charge is 0.252 e. The van der Waals surface area contributed by atoms with Gasteiger partial charge in [-0.25, -0.2) is 0 Å². The normalized spacial score (nSPS) is 12.6. The van der Waals surface area contributed by atoms with Crippen molar-refractivity contribution in [3.63, 3.8) is 0 Å². The van der Waals surface area contributed by atoms with Gasteiger partial charge in [0.25, 0.3) is 5.91 Å². The second-order valence-electron chi connectivity index (χ2n) is 4.77. The molecule has 0 spiro atoms. The molecule has 1 atom stereocenters. The number of aliphatic hydroxyl groups excluding tert-OH is 1. The zero-order valence-electron chi connectivity index (χ0n) is 10.9. The first-order chi connectivity index (χ1) is 7.97. The van der Waals surface area contributed by atoms with Crippen LogP contribution in [0.4, 0.5) is 0 Å². The molecular weight excluding hydrogens is 214 g/mol. The van der Waals surface area contributed by atoms with Gasteiger partial charge in [0.2, 0.25) is 0 Å². The van der Waals surface area contributed by atoms with Crippen LogP contribution >= 0.6 is 0 Å². The lowest BCUT2D eigenvalue weighted by molar-refractivity contribution is 0.0895. The Morgan fingerprint density at radius 2 is 1.82 bits per heavy atom. The molecule has 0 aromatic heterocycles. The molecule has 3 nitrogen and oxygen atoms in total. The fourth-order valence-electron chi connectivity index (χ4n) is 1.84. The Bertz CT molecular complexity index is 379. The number of hydrogen-bond donors (Lipinski definition) is 2. The number of hydrogen-bond acceptors (Lipinski definition) is 2. The van der Waals surface area contributed by atoms with Crippen molar-refractivity contribution >= 4 is 5.91 Å². The van der Waals surface area contributed by atoms with Gasteiger partial charge in [-0.05, 0) is 30.9 Å². The first kappa shape index (κ1) is 13.7. The number of amides is 1. The van der Waals surface area contributed by atoms with E-state index >= 15 is 0 Å². The summed E-state index contributed by atoms with van der Waals surface area (Å²) in [6, 6.07) is 5.59. The average Bonchev–Trinajstić information content (AvgIpc) is 2.25. The third-order valence-electron chi connectivity index (χ3n) is 3.03. The number of aryl methyl sites for hydroxylation is 2. The molecule has 0 bridgehead atoms. The summed E-state index contributed by atoms with van der Waals surface area (Å²) in [7, 11) is 0. The van der Waals surface area contributed by atoms with Crippen LogP contribution < -0.4 is 5.32 Å². The third kappa shape index (κ3) is 3.30. The van der Waals surface area contributed by atoms with Crippen molar-refractivity contribution in [2.75, 3.05) is 6.61 Å². The van der Waals surface area contributed by atoms with E-state index in [1.165, 1.54) is 0 Å². The van der Waals surface area contributed by atoms with Gasteiger partial charge < -0.3 is 10.4 Å². The van der Waals surface area contributed by atoms with Crippen LogP contribution in [0.3, 0.4) is 0 Å². The van der Waals surface area contributed by atoms with Crippen molar-refractivity contribution in [3.05, 3.63) is 34.9 Å². The summed E-state index contributed by atoms with van der Waals surface area (Å²) >= 11 is 0. The van der Waals surface area contributed by atoms with E-state index in [2.05, 4.69) is 5.32 Å². The van der Waals surface area contributed by atoms with Crippen LogP contribution in [-0.2, 0) is 0 Å². The van der Waals surface area contributed by atoms with Crippen LogP contribution in [0.25, 0.3) is 0 Å². The van der Waals surface area contributed by atoms with Gasteiger partial charge in [0.1, 0.15) is 0 Å². The molecule has 3 heteroatoms. The largest absolute Gasteiger partial charge is 0.394 e. The highest BCUT2D eigenvalue weighted by Gasteiger charge is 2.18. The minimum atomic E-state index is -0.193. The molecular formula is C14H21NO2. The summed E-state index contributed by atoms with van der Waals surface area (Å²) < 4.78 is 0. The first-order valence-electron chi connectivity index (χ1n) is 5.95. The second-order valence-corrected chi connectivity index (χ2v) is 4.77. The van der Waals surface area contributed by atoms with E-state index < -0.39 is 0 Å². The molecule has 0 saturated carbocycles. The lowest BCUT2D eigenvalue weighted by Crippen LogP contribution is -2.41. The average molecular weight is 235 g/mol.